The van der Waals surface area contributed by atoms with Gasteiger partial charge in [0.15, 0.2) is 37.0 Å². The quantitative estimate of drug-likeness (QED) is 0.206. The van der Waals surface area contributed by atoms with Crippen LogP contribution < -0.4 is 0 Å². The van der Waals surface area contributed by atoms with Gasteiger partial charge in [0.25, 0.3) is 0 Å². The van der Waals surface area contributed by atoms with Gasteiger partial charge < -0.3 is 52.8 Å². The molecule has 17 heteroatoms. The van der Waals surface area contributed by atoms with Crippen molar-refractivity contribution in [3.63, 3.8) is 0 Å². The zero-order valence-corrected chi connectivity index (χ0v) is 23.2. The molecule has 0 bridgehead atoms. The van der Waals surface area contributed by atoms with Crippen LogP contribution in [0.2, 0.25) is 0 Å². The van der Waals surface area contributed by atoms with Crippen LogP contribution in [0, 0.1) is 0 Å². The van der Waals surface area contributed by atoms with Crippen LogP contribution in [0.1, 0.15) is 41.5 Å². The molecule has 0 aromatic rings. The van der Waals surface area contributed by atoms with Crippen molar-refractivity contribution in [1.29, 1.82) is 0 Å². The van der Waals surface area contributed by atoms with E-state index in [0.29, 0.717) is 0 Å². The molecule has 2 N–H and O–H groups in total. The van der Waals surface area contributed by atoms with E-state index in [1.165, 1.54) is 0 Å². The summed E-state index contributed by atoms with van der Waals surface area (Å²) in [6.07, 6.45) is -16.3. The van der Waals surface area contributed by atoms with E-state index < -0.39 is 110 Å². The maximum atomic E-state index is 12.0. The van der Waals surface area contributed by atoms with E-state index in [2.05, 4.69) is 0 Å². The van der Waals surface area contributed by atoms with Crippen molar-refractivity contribution >= 4 is 35.8 Å². The maximum absolute atomic E-state index is 12.0. The van der Waals surface area contributed by atoms with E-state index in [1.54, 1.807) is 0 Å². The number of carbonyl (C=O) groups is 6. The molecule has 0 radical (unpaired) electrons. The standard InChI is InChI=1S/C24H34O17/c1-9(25)33-7-15-17(31)19(35-11(3)27)22(38-14(6)30)24(40-15)41-18-16(8-34-10(2)26)39-23(32)21(37-13(5)29)20(18)36-12(4)28/h15-24,31-32H,7-8H2,1-6H3/t15-,16+,17+,18-,19+,20-,21-,22+,23+,24+/m1/s1. The second-order valence-electron chi connectivity index (χ2n) is 9.10. The predicted octanol–water partition coefficient (Wildman–Crippen LogP) is -1.97. The first-order chi connectivity index (χ1) is 19.1. The van der Waals surface area contributed by atoms with E-state index in [9.17, 15) is 39.0 Å². The zero-order valence-electron chi connectivity index (χ0n) is 23.2. The van der Waals surface area contributed by atoms with Crippen molar-refractivity contribution in [3.05, 3.63) is 0 Å². The molecule has 2 heterocycles. The largest absolute Gasteiger partial charge is 0.463 e. The van der Waals surface area contributed by atoms with Crippen molar-refractivity contribution in [2.24, 2.45) is 0 Å². The van der Waals surface area contributed by atoms with Crippen LogP contribution in [-0.2, 0) is 71.4 Å². The highest BCUT2D eigenvalue weighted by Gasteiger charge is 2.56. The second kappa shape index (κ2) is 15.0. The average Bonchev–Trinajstić information content (AvgIpc) is 2.83. The molecule has 0 saturated carbocycles. The molecule has 17 nitrogen and oxygen atoms in total. The number of aliphatic hydroxyl groups excluding tert-OH is 2. The molecule has 2 aliphatic heterocycles. The Balaban J connectivity index is 2.57. The van der Waals surface area contributed by atoms with Gasteiger partial charge >= 0.3 is 35.8 Å². The smallest absolute Gasteiger partial charge is 0.303 e. The molecule has 2 saturated heterocycles. The molecule has 2 fully saturated rings. The second-order valence-corrected chi connectivity index (χ2v) is 9.10. The van der Waals surface area contributed by atoms with Crippen LogP contribution in [0.3, 0.4) is 0 Å². The van der Waals surface area contributed by atoms with Crippen molar-refractivity contribution in [3.8, 4) is 0 Å². The van der Waals surface area contributed by atoms with Crippen molar-refractivity contribution < 1.29 is 81.6 Å². The minimum Gasteiger partial charge on any atom is -0.463 e. The Labute approximate surface area is 234 Å². The molecule has 2 rings (SSSR count). The maximum Gasteiger partial charge on any atom is 0.303 e. The van der Waals surface area contributed by atoms with Crippen molar-refractivity contribution in [2.75, 3.05) is 13.2 Å². The number of ether oxygens (including phenoxy) is 9. The van der Waals surface area contributed by atoms with Gasteiger partial charge in [0, 0.05) is 41.5 Å². The minimum atomic E-state index is -1.88. The summed E-state index contributed by atoms with van der Waals surface area (Å²) in [5, 5.41) is 21.4. The lowest BCUT2D eigenvalue weighted by Crippen LogP contribution is -2.66. The Bertz CT molecular complexity index is 981. The summed E-state index contributed by atoms with van der Waals surface area (Å²) in [4.78, 5) is 70.6. The number of carbonyl (C=O) groups excluding carboxylic acids is 6. The molecular weight excluding hydrogens is 560 g/mol. The fourth-order valence-corrected chi connectivity index (χ4v) is 4.17. The highest BCUT2D eigenvalue weighted by atomic mass is 16.8. The summed E-state index contributed by atoms with van der Waals surface area (Å²) in [6.45, 7) is 5.14. The number of hydrogen-bond donors (Lipinski definition) is 2. The van der Waals surface area contributed by atoms with Gasteiger partial charge in [0.2, 0.25) is 0 Å². The fourth-order valence-electron chi connectivity index (χ4n) is 4.17. The topological polar surface area (TPSA) is 226 Å². The van der Waals surface area contributed by atoms with Gasteiger partial charge in [0.05, 0.1) is 0 Å². The Morgan fingerprint density at radius 1 is 0.537 bits per heavy atom. The Kier molecular flexibility index (Phi) is 12.4. The Morgan fingerprint density at radius 2 is 0.976 bits per heavy atom. The first-order valence-corrected chi connectivity index (χ1v) is 12.4. The summed E-state index contributed by atoms with van der Waals surface area (Å²) in [5.74, 6) is -5.07. The first kappa shape index (κ1) is 33.8. The van der Waals surface area contributed by atoms with Crippen LogP contribution in [-0.4, -0.2) is 121 Å². The highest BCUT2D eigenvalue weighted by Crippen LogP contribution is 2.33. The van der Waals surface area contributed by atoms with Crippen LogP contribution in [0.4, 0.5) is 0 Å². The summed E-state index contributed by atoms with van der Waals surface area (Å²) in [5.41, 5.74) is 0. The SMILES string of the molecule is CC(=O)OC[C@@H]1O[C@H](O)[C@H](OC(C)=O)[C@H](OC(C)=O)[C@@H]1O[C@@H]1O[C@H](COC(C)=O)[C@H](O)[C@H](OC(C)=O)[C@@H]1OC(C)=O. The number of esters is 6. The van der Waals surface area contributed by atoms with E-state index in [0.717, 1.165) is 41.5 Å². The molecule has 232 valence electrons. The first-order valence-electron chi connectivity index (χ1n) is 12.4. The molecule has 2 aliphatic rings. The molecule has 10 atom stereocenters. The van der Waals surface area contributed by atoms with Crippen LogP contribution in [0.15, 0.2) is 0 Å². The summed E-state index contributed by atoms with van der Waals surface area (Å²) in [7, 11) is 0. The molecule has 0 aliphatic carbocycles. The average molecular weight is 595 g/mol. The third-order valence-corrected chi connectivity index (χ3v) is 5.63. The minimum absolute atomic E-state index is 0.554. The summed E-state index contributed by atoms with van der Waals surface area (Å²) < 4.78 is 48.0. The molecule has 0 aromatic carbocycles. The molecule has 0 unspecified atom stereocenters. The third-order valence-electron chi connectivity index (χ3n) is 5.63. The fraction of sp³-hybridized carbons (Fsp3) is 0.750. The number of rotatable bonds is 10. The van der Waals surface area contributed by atoms with Gasteiger partial charge in [-0.2, -0.15) is 0 Å². The monoisotopic (exact) mass is 594 g/mol. The van der Waals surface area contributed by atoms with Gasteiger partial charge in [-0.1, -0.05) is 0 Å². The van der Waals surface area contributed by atoms with Crippen molar-refractivity contribution in [1.82, 2.24) is 0 Å². The highest BCUT2D eigenvalue weighted by molar-refractivity contribution is 5.68. The Morgan fingerprint density at radius 3 is 1.46 bits per heavy atom. The third kappa shape index (κ3) is 9.89. The molecule has 0 amide bonds. The van der Waals surface area contributed by atoms with Gasteiger partial charge in [-0.15, -0.1) is 0 Å². The van der Waals surface area contributed by atoms with Crippen LogP contribution in [0.25, 0.3) is 0 Å². The Hall–Kier alpha value is -3.38. The summed E-state index contributed by atoms with van der Waals surface area (Å²) >= 11 is 0. The van der Waals surface area contributed by atoms with E-state index in [-0.39, 0.29) is 0 Å². The van der Waals surface area contributed by atoms with E-state index in [1.807, 2.05) is 0 Å². The van der Waals surface area contributed by atoms with E-state index in [4.69, 9.17) is 42.6 Å². The lowest BCUT2D eigenvalue weighted by Gasteiger charge is -2.47. The van der Waals surface area contributed by atoms with E-state index >= 15 is 0 Å². The zero-order chi connectivity index (χ0) is 31.0. The molecule has 41 heavy (non-hydrogen) atoms. The molecular formula is C24H34O17. The van der Waals surface area contributed by atoms with Gasteiger partial charge in [-0.05, 0) is 0 Å². The van der Waals surface area contributed by atoms with Crippen LogP contribution >= 0.6 is 0 Å². The van der Waals surface area contributed by atoms with Gasteiger partial charge in [0.1, 0.15) is 37.6 Å². The summed E-state index contributed by atoms with van der Waals surface area (Å²) in [6, 6.07) is 0. The normalized spacial score (nSPS) is 33.1. The number of hydrogen-bond acceptors (Lipinski definition) is 17. The van der Waals surface area contributed by atoms with Crippen LogP contribution in [0.5, 0.6) is 0 Å². The molecule has 0 aromatic heterocycles. The van der Waals surface area contributed by atoms with Gasteiger partial charge in [-0.25, -0.2) is 0 Å². The number of aliphatic hydroxyl groups is 2. The van der Waals surface area contributed by atoms with Gasteiger partial charge in [-0.3, -0.25) is 28.8 Å². The van der Waals surface area contributed by atoms with Crippen molar-refractivity contribution in [2.45, 2.75) is 103 Å². The predicted molar refractivity (Wildman–Crippen MR) is 126 cm³/mol. The lowest BCUT2D eigenvalue weighted by atomic mass is 9.96. The molecule has 0 spiro atoms. The lowest BCUT2D eigenvalue weighted by molar-refractivity contribution is -0.357.